The zero-order valence-electron chi connectivity index (χ0n) is 7.56. The number of halogens is 4. The second-order valence-corrected chi connectivity index (χ2v) is 4.11. The maximum Gasteiger partial charge on any atom is 0.392 e. The molecule has 0 bridgehead atoms. The molecule has 0 N–H and O–H groups in total. The molecule has 1 unspecified atom stereocenters. The Morgan fingerprint density at radius 2 is 1.93 bits per heavy atom. The van der Waals surface area contributed by atoms with Crippen molar-refractivity contribution in [3.8, 4) is 5.75 Å². The van der Waals surface area contributed by atoms with Gasteiger partial charge in [-0.3, -0.25) is 0 Å². The summed E-state index contributed by atoms with van der Waals surface area (Å²) in [6, 6.07) is 1.05. The summed E-state index contributed by atoms with van der Waals surface area (Å²) in [5.41, 5.74) is -0.494. The van der Waals surface area contributed by atoms with Gasteiger partial charge in [-0.25, -0.2) is 4.74 Å². The fourth-order valence-electron chi connectivity index (χ4n) is 1.32. The quantitative estimate of drug-likeness (QED) is 0.725. The number of fused-ring (bicyclic) bond motifs is 1. The van der Waals surface area contributed by atoms with Gasteiger partial charge in [-0.05, 0) is 18.2 Å². The number of rotatable bonds is 0. The molecule has 0 aliphatic carbocycles. The van der Waals surface area contributed by atoms with Crippen LogP contribution in [0.2, 0.25) is 0 Å². The second kappa shape index (κ2) is 3.12. The first-order chi connectivity index (χ1) is 6.80. The predicted octanol–water partition coefficient (Wildman–Crippen LogP) is 3.55. The van der Waals surface area contributed by atoms with Crippen molar-refractivity contribution in [1.29, 1.82) is 0 Å². The third kappa shape index (κ3) is 1.96. The Bertz CT molecular complexity index is 406. The molecule has 6 heteroatoms. The van der Waals surface area contributed by atoms with E-state index in [0.29, 0.717) is 4.47 Å². The highest BCUT2D eigenvalue weighted by Crippen LogP contribution is 2.46. The van der Waals surface area contributed by atoms with Crippen LogP contribution in [0.1, 0.15) is 12.5 Å². The summed E-state index contributed by atoms with van der Waals surface area (Å²) in [4.78, 5) is 0. The molecule has 0 saturated carbocycles. The average Bonchev–Trinajstić information content (AvgIpc) is 2.03. The van der Waals surface area contributed by atoms with Gasteiger partial charge in [0.25, 0.3) is 0 Å². The van der Waals surface area contributed by atoms with Gasteiger partial charge in [0.2, 0.25) is 0 Å². The normalized spacial score (nSPS) is 28.1. The minimum absolute atomic E-state index is 0.223. The monoisotopic (exact) mass is 282 g/mol. The fourth-order valence-corrected chi connectivity index (χ4v) is 1.68. The molecule has 0 aromatic heterocycles. The van der Waals surface area contributed by atoms with Crippen LogP contribution in [0.5, 0.6) is 5.75 Å². The van der Waals surface area contributed by atoms with Gasteiger partial charge in [0.15, 0.2) is 0 Å². The molecule has 0 fully saturated rings. The molecule has 1 aliphatic heterocycles. The van der Waals surface area contributed by atoms with Gasteiger partial charge in [0, 0.05) is 11.4 Å². The Balaban J connectivity index is 2.55. The fraction of sp³-hybridized carbons (Fsp3) is 0.333. The number of hydrogen-bond donors (Lipinski definition) is 0. The van der Waals surface area contributed by atoms with Crippen molar-refractivity contribution in [2.45, 2.75) is 19.1 Å². The van der Waals surface area contributed by atoms with Crippen molar-refractivity contribution < 1.29 is 22.6 Å². The van der Waals surface area contributed by atoms with Crippen molar-refractivity contribution >= 4 is 15.9 Å². The smallest absolute Gasteiger partial charge is 0.392 e. The first-order valence-electron chi connectivity index (χ1n) is 4.06. The summed E-state index contributed by atoms with van der Waals surface area (Å²) in [6.45, 7) is 0.784. The van der Waals surface area contributed by atoms with Gasteiger partial charge in [-0.15, -0.1) is 0 Å². The maximum atomic E-state index is 13.3. The zero-order chi connectivity index (χ0) is 11.3. The van der Waals surface area contributed by atoms with Gasteiger partial charge in [0.05, 0.1) is 5.56 Å². The molecule has 0 amide bonds. The number of hydrogen-bond acceptors (Lipinski definition) is 2. The summed E-state index contributed by atoms with van der Waals surface area (Å²) in [5.74, 6) is -0.223. The third-order valence-electron chi connectivity index (χ3n) is 1.86. The van der Waals surface area contributed by atoms with Crippen molar-refractivity contribution in [3.63, 3.8) is 0 Å². The lowest BCUT2D eigenvalue weighted by atomic mass is 10.1. The Morgan fingerprint density at radius 1 is 1.27 bits per heavy atom. The van der Waals surface area contributed by atoms with Crippen LogP contribution in [0.25, 0.3) is 0 Å². The Labute approximate surface area is 92.1 Å². The van der Waals surface area contributed by atoms with E-state index < -0.39 is 17.7 Å². The highest BCUT2D eigenvalue weighted by atomic mass is 79.9. The van der Waals surface area contributed by atoms with E-state index in [2.05, 4.69) is 25.4 Å². The minimum atomic E-state index is -3.69. The maximum absolute atomic E-state index is 13.3. The van der Waals surface area contributed by atoms with Crippen molar-refractivity contribution in [2.75, 3.05) is 0 Å². The van der Waals surface area contributed by atoms with E-state index in [4.69, 9.17) is 0 Å². The molecular formula is C9H6BrF3O2. The van der Waals surface area contributed by atoms with E-state index in [-0.39, 0.29) is 5.75 Å². The standard InChI is InChI=1S/C9H6BrF3O2/c1-8(11)14-7-3-2-5(10)4-6(7)9(12,13)15-8/h2-4H,1H3. The molecule has 0 saturated heterocycles. The second-order valence-electron chi connectivity index (χ2n) is 3.20. The average molecular weight is 283 g/mol. The van der Waals surface area contributed by atoms with E-state index >= 15 is 0 Å². The molecule has 15 heavy (non-hydrogen) atoms. The van der Waals surface area contributed by atoms with Crippen molar-refractivity contribution in [2.24, 2.45) is 0 Å². The van der Waals surface area contributed by atoms with Crippen molar-refractivity contribution in [3.05, 3.63) is 28.2 Å². The topological polar surface area (TPSA) is 18.5 Å². The molecule has 1 aromatic rings. The van der Waals surface area contributed by atoms with Gasteiger partial charge in [-0.2, -0.15) is 13.2 Å². The van der Waals surface area contributed by atoms with Crippen LogP contribution in [0.4, 0.5) is 13.2 Å². The minimum Gasteiger partial charge on any atom is -0.435 e. The van der Waals surface area contributed by atoms with Crippen LogP contribution in [0.15, 0.2) is 22.7 Å². The summed E-state index contributed by atoms with van der Waals surface area (Å²) < 4.78 is 48.8. The third-order valence-corrected chi connectivity index (χ3v) is 2.35. The van der Waals surface area contributed by atoms with Crippen LogP contribution < -0.4 is 4.74 Å². The van der Waals surface area contributed by atoms with Crippen LogP contribution in [-0.2, 0) is 10.8 Å². The van der Waals surface area contributed by atoms with E-state index in [1.165, 1.54) is 12.1 Å². The molecule has 1 atom stereocenters. The molecule has 1 aromatic carbocycles. The van der Waals surface area contributed by atoms with Gasteiger partial charge in [-0.1, -0.05) is 15.9 Å². The van der Waals surface area contributed by atoms with E-state index in [1.54, 1.807) is 0 Å². The zero-order valence-corrected chi connectivity index (χ0v) is 9.15. The van der Waals surface area contributed by atoms with E-state index in [9.17, 15) is 13.2 Å². The van der Waals surface area contributed by atoms with Crippen LogP contribution >= 0.6 is 15.9 Å². The van der Waals surface area contributed by atoms with Gasteiger partial charge < -0.3 is 4.74 Å². The predicted molar refractivity (Wildman–Crippen MR) is 49.3 cm³/mol. The largest absolute Gasteiger partial charge is 0.435 e. The molecular weight excluding hydrogens is 277 g/mol. The summed E-state index contributed by atoms with van der Waals surface area (Å²) in [5, 5.41) is 0. The Hall–Kier alpha value is -0.750. The van der Waals surface area contributed by atoms with Crippen molar-refractivity contribution in [1.82, 2.24) is 0 Å². The SMILES string of the molecule is CC1(F)Oc2ccc(Br)cc2C(F)(F)O1. The first-order valence-corrected chi connectivity index (χ1v) is 4.85. The number of ether oxygens (including phenoxy) is 2. The lowest BCUT2D eigenvalue weighted by Crippen LogP contribution is -2.42. The number of alkyl halides is 3. The summed E-state index contributed by atoms with van der Waals surface area (Å²) in [7, 11) is 0. The van der Waals surface area contributed by atoms with Gasteiger partial charge >= 0.3 is 12.1 Å². The van der Waals surface area contributed by atoms with Crippen LogP contribution in [0, 0.1) is 0 Å². The van der Waals surface area contributed by atoms with E-state index in [1.807, 2.05) is 0 Å². The van der Waals surface area contributed by atoms with Crippen LogP contribution in [-0.4, -0.2) is 6.04 Å². The Morgan fingerprint density at radius 3 is 2.60 bits per heavy atom. The van der Waals surface area contributed by atoms with E-state index in [0.717, 1.165) is 13.0 Å². The first kappa shape index (κ1) is 10.8. The molecule has 82 valence electrons. The molecule has 2 nitrogen and oxygen atoms in total. The molecule has 1 aliphatic rings. The van der Waals surface area contributed by atoms with Gasteiger partial charge in [0.1, 0.15) is 5.75 Å². The lowest BCUT2D eigenvalue weighted by molar-refractivity contribution is -0.405. The van der Waals surface area contributed by atoms with Crippen LogP contribution in [0.3, 0.4) is 0 Å². The molecule has 0 radical (unpaired) electrons. The lowest BCUT2D eigenvalue weighted by Gasteiger charge is -2.33. The summed E-state index contributed by atoms with van der Waals surface area (Å²) >= 11 is 3.03. The summed E-state index contributed by atoms with van der Waals surface area (Å²) in [6.07, 6.45) is -3.69. The molecule has 0 spiro atoms. The molecule has 1 heterocycles. The Kier molecular flexibility index (Phi) is 2.24. The highest BCUT2D eigenvalue weighted by Gasteiger charge is 2.50. The number of benzene rings is 1. The highest BCUT2D eigenvalue weighted by molar-refractivity contribution is 9.10. The molecule has 2 rings (SSSR count).